The van der Waals surface area contributed by atoms with E-state index in [0.717, 1.165) is 17.6 Å². The molecule has 10 nitrogen and oxygen atoms in total. The minimum absolute atomic E-state index is 0.223. The molecule has 2 heterocycles. The number of hydrogen-bond donors (Lipinski definition) is 1. The second kappa shape index (κ2) is 8.29. The molecule has 2 aromatic heterocycles. The Hall–Kier alpha value is -2.44. The van der Waals surface area contributed by atoms with Crippen LogP contribution in [-0.4, -0.2) is 56.5 Å². The average Bonchev–Trinajstić information content (AvgIpc) is 3.17. The molecular weight excluding hydrogens is 402 g/mol. The summed E-state index contributed by atoms with van der Waals surface area (Å²) in [4.78, 5) is 13.1. The molecule has 0 fully saturated rings. The molecular formula is C16H21N7O3S2. The van der Waals surface area contributed by atoms with Gasteiger partial charge in [-0.3, -0.25) is 9.48 Å². The summed E-state index contributed by atoms with van der Waals surface area (Å²) < 4.78 is 29.4. The molecule has 0 aliphatic rings. The van der Waals surface area contributed by atoms with Crippen LogP contribution in [0.3, 0.4) is 0 Å². The molecule has 1 N–H and O–H groups in total. The molecule has 0 atom stereocenters. The number of thioether (sulfide) groups is 1. The highest BCUT2D eigenvalue weighted by atomic mass is 32.2. The van der Waals surface area contributed by atoms with Crippen LogP contribution in [0, 0.1) is 6.92 Å². The molecule has 28 heavy (non-hydrogen) atoms. The van der Waals surface area contributed by atoms with Crippen molar-refractivity contribution in [2.75, 3.05) is 18.6 Å². The second-order valence-electron chi connectivity index (χ2n) is 6.15. The van der Waals surface area contributed by atoms with Crippen molar-refractivity contribution >= 4 is 21.8 Å². The third kappa shape index (κ3) is 4.34. The monoisotopic (exact) mass is 423 g/mol. The van der Waals surface area contributed by atoms with Crippen molar-refractivity contribution < 1.29 is 8.42 Å². The Morgan fingerprint density at radius 2 is 1.93 bits per heavy atom. The third-order valence-electron chi connectivity index (χ3n) is 4.09. The molecule has 0 saturated heterocycles. The zero-order chi connectivity index (χ0) is 20.3. The van der Waals surface area contributed by atoms with Crippen LogP contribution in [0.15, 0.2) is 40.3 Å². The van der Waals surface area contributed by atoms with E-state index in [4.69, 9.17) is 0 Å². The van der Waals surface area contributed by atoms with Gasteiger partial charge in [-0.2, -0.15) is 4.68 Å². The molecule has 0 spiro atoms. The number of sulfonamides is 1. The Morgan fingerprint density at radius 1 is 1.21 bits per heavy atom. The Balaban J connectivity index is 1.84. The van der Waals surface area contributed by atoms with Gasteiger partial charge in [-0.25, -0.2) is 17.8 Å². The molecule has 0 amide bonds. The van der Waals surface area contributed by atoms with Crippen LogP contribution in [0.25, 0.3) is 11.4 Å². The van der Waals surface area contributed by atoms with Crippen LogP contribution in [0.4, 0.5) is 0 Å². The summed E-state index contributed by atoms with van der Waals surface area (Å²) in [5, 5.41) is 12.2. The summed E-state index contributed by atoms with van der Waals surface area (Å²) in [6, 6.07) is 9.34. The van der Waals surface area contributed by atoms with E-state index in [-0.39, 0.29) is 5.56 Å². The van der Waals surface area contributed by atoms with Gasteiger partial charge in [0.1, 0.15) is 0 Å². The number of aromatic nitrogens is 6. The molecule has 3 aromatic rings. The predicted molar refractivity (Wildman–Crippen MR) is 107 cm³/mol. The Bertz CT molecular complexity index is 1120. The molecule has 0 saturated carbocycles. The van der Waals surface area contributed by atoms with Gasteiger partial charge >= 0.3 is 0 Å². The maximum atomic E-state index is 13.1. The maximum absolute atomic E-state index is 13.1. The van der Waals surface area contributed by atoms with Gasteiger partial charge in [0.2, 0.25) is 15.2 Å². The highest BCUT2D eigenvalue weighted by molar-refractivity contribution is 7.99. The van der Waals surface area contributed by atoms with Crippen LogP contribution in [0.5, 0.6) is 0 Å². The molecule has 0 aliphatic carbocycles. The average molecular weight is 424 g/mol. The van der Waals surface area contributed by atoms with E-state index >= 15 is 0 Å². The standard InChI is InChI=1S/C16H21N7O3S2/c1-12-14(15(24)23(21(12)2)13-8-5-4-6-9-13)22-16(18-19-20-22)27-11-7-10-17-28(3,25)26/h4-6,8-9,17H,7,10-11H2,1-3H3. The van der Waals surface area contributed by atoms with E-state index in [0.29, 0.717) is 29.6 Å². The Morgan fingerprint density at radius 3 is 2.61 bits per heavy atom. The molecule has 3 rings (SSSR count). The number of para-hydroxylation sites is 1. The largest absolute Gasteiger partial charge is 0.297 e. The summed E-state index contributed by atoms with van der Waals surface area (Å²) in [7, 11) is -1.39. The zero-order valence-electron chi connectivity index (χ0n) is 15.7. The van der Waals surface area contributed by atoms with Crippen molar-refractivity contribution in [2.24, 2.45) is 7.05 Å². The first-order valence-electron chi connectivity index (χ1n) is 8.50. The first-order valence-corrected chi connectivity index (χ1v) is 11.4. The fourth-order valence-corrected chi connectivity index (χ4v) is 4.03. The molecule has 0 bridgehead atoms. The fraction of sp³-hybridized carbons (Fsp3) is 0.375. The van der Waals surface area contributed by atoms with E-state index in [1.807, 2.05) is 37.3 Å². The second-order valence-corrected chi connectivity index (χ2v) is 9.05. The molecule has 0 radical (unpaired) electrons. The smallest absolute Gasteiger partial charge is 0.283 e. The van der Waals surface area contributed by atoms with Crippen LogP contribution < -0.4 is 10.3 Å². The van der Waals surface area contributed by atoms with Crippen molar-refractivity contribution in [1.82, 2.24) is 34.3 Å². The van der Waals surface area contributed by atoms with Gasteiger partial charge in [0, 0.05) is 19.3 Å². The van der Waals surface area contributed by atoms with Gasteiger partial charge < -0.3 is 0 Å². The quantitative estimate of drug-likeness (QED) is 0.414. The number of hydrogen-bond acceptors (Lipinski definition) is 7. The topological polar surface area (TPSA) is 117 Å². The minimum Gasteiger partial charge on any atom is -0.283 e. The van der Waals surface area contributed by atoms with Gasteiger partial charge in [-0.15, -0.1) is 5.10 Å². The predicted octanol–water partition coefficient (Wildman–Crippen LogP) is 0.492. The van der Waals surface area contributed by atoms with Gasteiger partial charge in [-0.1, -0.05) is 30.0 Å². The molecule has 0 aliphatic heterocycles. The summed E-state index contributed by atoms with van der Waals surface area (Å²) in [5.41, 5.74) is 1.63. The van der Waals surface area contributed by atoms with Crippen molar-refractivity contribution in [3.8, 4) is 11.4 Å². The molecule has 150 valence electrons. The highest BCUT2D eigenvalue weighted by Gasteiger charge is 2.21. The Labute approximate surface area is 166 Å². The van der Waals surface area contributed by atoms with E-state index in [1.54, 1.807) is 16.4 Å². The summed E-state index contributed by atoms with van der Waals surface area (Å²) in [6.45, 7) is 2.17. The van der Waals surface area contributed by atoms with Crippen LogP contribution in [-0.2, 0) is 17.1 Å². The lowest BCUT2D eigenvalue weighted by molar-refractivity contribution is 0.587. The summed E-state index contributed by atoms with van der Waals surface area (Å²) >= 11 is 1.36. The van der Waals surface area contributed by atoms with E-state index in [2.05, 4.69) is 20.2 Å². The van der Waals surface area contributed by atoms with E-state index < -0.39 is 10.0 Å². The van der Waals surface area contributed by atoms with Crippen molar-refractivity contribution in [2.45, 2.75) is 18.5 Å². The number of rotatable bonds is 8. The Kier molecular flexibility index (Phi) is 6.01. The lowest BCUT2D eigenvalue weighted by Gasteiger charge is -2.07. The van der Waals surface area contributed by atoms with Crippen molar-refractivity contribution in [1.29, 1.82) is 0 Å². The highest BCUT2D eigenvalue weighted by Crippen LogP contribution is 2.20. The number of benzene rings is 1. The summed E-state index contributed by atoms with van der Waals surface area (Å²) in [5.74, 6) is 0.599. The van der Waals surface area contributed by atoms with Gasteiger partial charge in [-0.05, 0) is 35.9 Å². The normalized spacial score (nSPS) is 11.8. The lowest BCUT2D eigenvalue weighted by atomic mass is 10.3. The minimum atomic E-state index is -3.20. The zero-order valence-corrected chi connectivity index (χ0v) is 17.4. The lowest BCUT2D eigenvalue weighted by Crippen LogP contribution is -2.23. The van der Waals surface area contributed by atoms with Crippen molar-refractivity contribution in [3.63, 3.8) is 0 Å². The van der Waals surface area contributed by atoms with E-state index in [9.17, 15) is 13.2 Å². The van der Waals surface area contributed by atoms with Gasteiger partial charge in [0.05, 0.1) is 17.6 Å². The van der Waals surface area contributed by atoms with Crippen LogP contribution in [0.1, 0.15) is 12.1 Å². The van der Waals surface area contributed by atoms with Gasteiger partial charge in [0.15, 0.2) is 5.69 Å². The first-order chi connectivity index (χ1) is 13.3. The number of nitrogens with one attached hydrogen (secondary N) is 1. The van der Waals surface area contributed by atoms with E-state index in [1.165, 1.54) is 16.4 Å². The third-order valence-corrected chi connectivity index (χ3v) is 5.83. The molecule has 12 heteroatoms. The fourth-order valence-electron chi connectivity index (χ4n) is 2.70. The van der Waals surface area contributed by atoms with Crippen LogP contribution >= 0.6 is 11.8 Å². The summed E-state index contributed by atoms with van der Waals surface area (Å²) in [6.07, 6.45) is 1.73. The first kappa shape index (κ1) is 20.3. The van der Waals surface area contributed by atoms with Gasteiger partial charge in [0.25, 0.3) is 5.56 Å². The number of tetrazole rings is 1. The maximum Gasteiger partial charge on any atom is 0.297 e. The number of nitrogens with zero attached hydrogens (tertiary/aromatic N) is 6. The van der Waals surface area contributed by atoms with Crippen molar-refractivity contribution in [3.05, 3.63) is 46.4 Å². The SMILES string of the molecule is Cc1c(-n2nnnc2SCCCNS(C)(=O)=O)c(=O)n(-c2ccccc2)n1C. The van der Waals surface area contributed by atoms with Crippen LogP contribution in [0.2, 0.25) is 0 Å². The molecule has 1 aromatic carbocycles. The molecule has 0 unspecified atom stereocenters.